The molecule has 194 valence electrons. The van der Waals surface area contributed by atoms with E-state index in [1.165, 1.54) is 11.0 Å². The van der Waals surface area contributed by atoms with Crippen molar-refractivity contribution in [3.8, 4) is 0 Å². The lowest BCUT2D eigenvalue weighted by Gasteiger charge is -2.29. The molecule has 0 aliphatic carbocycles. The minimum Gasteiger partial charge on any atom is -0.366 e. The summed E-state index contributed by atoms with van der Waals surface area (Å²) in [6, 6.07) is 3.72. The summed E-state index contributed by atoms with van der Waals surface area (Å²) in [7, 11) is 0. The fourth-order valence-corrected chi connectivity index (χ4v) is 5.98. The van der Waals surface area contributed by atoms with Crippen molar-refractivity contribution in [1.29, 1.82) is 0 Å². The van der Waals surface area contributed by atoms with Crippen molar-refractivity contribution in [3.05, 3.63) is 46.3 Å². The Morgan fingerprint density at radius 3 is 2.67 bits per heavy atom. The number of alkyl halides is 3. The van der Waals surface area contributed by atoms with Crippen LogP contribution in [0, 0.1) is 19.8 Å². The van der Waals surface area contributed by atoms with Crippen LogP contribution in [0.5, 0.6) is 0 Å². The number of fused-ring (bicyclic) bond motifs is 1. The Kier molecular flexibility index (Phi) is 6.57. The summed E-state index contributed by atoms with van der Waals surface area (Å²) in [5.41, 5.74) is 1.81. The van der Waals surface area contributed by atoms with Crippen LogP contribution in [0.25, 0.3) is 0 Å². The maximum atomic E-state index is 13.1. The fraction of sp³-hybridized carbons (Fsp3) is 0.577. The molecule has 2 aromatic rings. The molecule has 10 heteroatoms. The van der Waals surface area contributed by atoms with E-state index in [4.69, 9.17) is 4.52 Å². The number of ketones is 1. The molecule has 4 heterocycles. The molecule has 3 aliphatic rings. The lowest BCUT2D eigenvalue weighted by atomic mass is 9.95. The van der Waals surface area contributed by atoms with E-state index in [2.05, 4.69) is 15.0 Å². The van der Waals surface area contributed by atoms with Crippen LogP contribution in [-0.4, -0.2) is 72.0 Å². The SMILES string of the molecule is Cc1noc(C)c1N1CCC(N2CCC(CC(=O)CN3CCc4ccc(C(F)(F)F)cc4C3=O)C2)C1. The highest BCUT2D eigenvalue weighted by Crippen LogP contribution is 2.33. The Labute approximate surface area is 208 Å². The van der Waals surface area contributed by atoms with E-state index in [-0.39, 0.29) is 23.8 Å². The molecule has 1 amide bonds. The van der Waals surface area contributed by atoms with Crippen molar-refractivity contribution in [2.45, 2.75) is 51.7 Å². The molecule has 2 atom stereocenters. The second kappa shape index (κ2) is 9.53. The van der Waals surface area contributed by atoms with E-state index in [1.807, 2.05) is 13.8 Å². The highest BCUT2D eigenvalue weighted by Gasteiger charge is 2.36. The largest absolute Gasteiger partial charge is 0.416 e. The van der Waals surface area contributed by atoms with Gasteiger partial charge in [0.2, 0.25) is 0 Å². The minimum atomic E-state index is -4.51. The lowest BCUT2D eigenvalue weighted by Crippen LogP contribution is -2.41. The van der Waals surface area contributed by atoms with Gasteiger partial charge in [0, 0.05) is 44.2 Å². The second-order valence-electron chi connectivity index (χ2n) is 10.3. The quantitative estimate of drug-likeness (QED) is 0.595. The molecule has 0 saturated carbocycles. The van der Waals surface area contributed by atoms with Gasteiger partial charge in [-0.1, -0.05) is 11.2 Å². The number of carbonyl (C=O) groups is 2. The predicted octanol–water partition coefficient (Wildman–Crippen LogP) is 3.87. The molecule has 2 fully saturated rings. The molecular weight excluding hydrogens is 473 g/mol. The molecule has 0 radical (unpaired) electrons. The lowest BCUT2D eigenvalue weighted by molar-refractivity contribution is -0.137. The molecule has 0 spiro atoms. The Morgan fingerprint density at radius 1 is 1.14 bits per heavy atom. The van der Waals surface area contributed by atoms with E-state index in [0.717, 1.165) is 68.3 Å². The number of benzene rings is 1. The molecule has 3 aliphatic heterocycles. The van der Waals surface area contributed by atoms with Gasteiger partial charge in [-0.3, -0.25) is 14.5 Å². The molecule has 5 rings (SSSR count). The van der Waals surface area contributed by atoms with Crippen molar-refractivity contribution < 1.29 is 27.3 Å². The summed E-state index contributed by atoms with van der Waals surface area (Å²) in [5, 5.41) is 4.06. The fourth-order valence-electron chi connectivity index (χ4n) is 5.98. The molecule has 2 unspecified atom stereocenters. The number of nitrogens with zero attached hydrogens (tertiary/aromatic N) is 4. The molecular formula is C26H31F3N4O3. The van der Waals surface area contributed by atoms with Crippen LogP contribution < -0.4 is 4.90 Å². The normalized spacial score (nSPS) is 23.0. The number of Topliss-reactive ketones (excluding diaryl/α,β-unsaturated/α-hetero) is 1. The number of aryl methyl sites for hydroxylation is 2. The highest BCUT2D eigenvalue weighted by molar-refractivity contribution is 5.99. The van der Waals surface area contributed by atoms with E-state index in [1.54, 1.807) is 0 Å². The van der Waals surface area contributed by atoms with Crippen LogP contribution in [-0.2, 0) is 17.4 Å². The van der Waals surface area contributed by atoms with E-state index >= 15 is 0 Å². The van der Waals surface area contributed by atoms with Crippen LogP contribution in [0.15, 0.2) is 22.7 Å². The zero-order valence-corrected chi connectivity index (χ0v) is 20.6. The Bertz CT molecular complexity index is 1140. The maximum absolute atomic E-state index is 13.1. The first-order valence-electron chi connectivity index (χ1n) is 12.5. The molecule has 0 bridgehead atoms. The number of rotatable bonds is 6. The van der Waals surface area contributed by atoms with Gasteiger partial charge in [0.15, 0.2) is 11.5 Å². The van der Waals surface area contributed by atoms with Crippen molar-refractivity contribution in [2.75, 3.05) is 44.2 Å². The van der Waals surface area contributed by atoms with Gasteiger partial charge in [0.1, 0.15) is 11.4 Å². The van der Waals surface area contributed by atoms with Crippen LogP contribution in [0.1, 0.15) is 52.2 Å². The van der Waals surface area contributed by atoms with Gasteiger partial charge >= 0.3 is 6.18 Å². The van der Waals surface area contributed by atoms with Crippen LogP contribution in [0.2, 0.25) is 0 Å². The third kappa shape index (κ3) is 4.87. The molecule has 7 nitrogen and oxygen atoms in total. The standard InChI is InChI=1S/C26H31F3N4O3/c1-16-24(17(2)36-30-16)32-10-7-21(14-32)31-8-5-18(13-31)11-22(34)15-33-9-6-19-3-4-20(26(27,28)29)12-23(19)25(33)35/h3-4,12,18,21H,5-11,13-15H2,1-2H3. The van der Waals surface area contributed by atoms with Crippen molar-refractivity contribution >= 4 is 17.4 Å². The Hall–Kier alpha value is -2.88. The summed E-state index contributed by atoms with van der Waals surface area (Å²) in [6.45, 7) is 7.82. The number of hydrogen-bond acceptors (Lipinski definition) is 6. The number of hydrogen-bond donors (Lipinski definition) is 0. The van der Waals surface area contributed by atoms with Gasteiger partial charge in [0.05, 0.1) is 12.1 Å². The van der Waals surface area contributed by atoms with Crippen LogP contribution in [0.4, 0.5) is 18.9 Å². The van der Waals surface area contributed by atoms with Crippen LogP contribution >= 0.6 is 0 Å². The van der Waals surface area contributed by atoms with Gasteiger partial charge < -0.3 is 14.3 Å². The molecule has 36 heavy (non-hydrogen) atoms. The maximum Gasteiger partial charge on any atom is 0.416 e. The summed E-state index contributed by atoms with van der Waals surface area (Å²) in [6.07, 6.45) is -1.69. The predicted molar refractivity (Wildman–Crippen MR) is 127 cm³/mol. The highest BCUT2D eigenvalue weighted by atomic mass is 19.4. The Morgan fingerprint density at radius 2 is 1.94 bits per heavy atom. The monoisotopic (exact) mass is 504 g/mol. The molecule has 0 N–H and O–H groups in total. The van der Waals surface area contributed by atoms with Crippen molar-refractivity contribution in [2.24, 2.45) is 5.92 Å². The summed E-state index contributed by atoms with van der Waals surface area (Å²) >= 11 is 0. The zero-order valence-electron chi connectivity index (χ0n) is 20.6. The first-order chi connectivity index (χ1) is 17.1. The average Bonchev–Trinajstić information content (AvgIpc) is 3.55. The number of carbonyl (C=O) groups excluding carboxylic acids is 2. The first kappa shape index (κ1) is 24.8. The van der Waals surface area contributed by atoms with Gasteiger partial charge in [-0.15, -0.1) is 0 Å². The average molecular weight is 505 g/mol. The summed E-state index contributed by atoms with van der Waals surface area (Å²) in [4.78, 5) is 31.9. The van der Waals surface area contributed by atoms with Gasteiger partial charge in [-0.2, -0.15) is 13.2 Å². The topological polar surface area (TPSA) is 69.9 Å². The number of halogens is 3. The van der Waals surface area contributed by atoms with Crippen molar-refractivity contribution in [1.82, 2.24) is 15.0 Å². The molecule has 1 aromatic carbocycles. The number of likely N-dealkylation sites (tertiary alicyclic amines) is 1. The van der Waals surface area contributed by atoms with E-state index in [9.17, 15) is 22.8 Å². The number of aromatic nitrogens is 1. The van der Waals surface area contributed by atoms with E-state index in [0.29, 0.717) is 31.0 Å². The van der Waals surface area contributed by atoms with Gasteiger partial charge in [0.25, 0.3) is 5.91 Å². The number of amides is 1. The summed E-state index contributed by atoms with van der Waals surface area (Å²) < 4.78 is 44.6. The van der Waals surface area contributed by atoms with E-state index < -0.39 is 17.6 Å². The number of anilines is 1. The Balaban J connectivity index is 1.14. The van der Waals surface area contributed by atoms with Crippen molar-refractivity contribution in [3.63, 3.8) is 0 Å². The smallest absolute Gasteiger partial charge is 0.366 e. The molecule has 2 saturated heterocycles. The third-order valence-electron chi connectivity index (χ3n) is 7.80. The third-order valence-corrected chi connectivity index (χ3v) is 7.80. The first-order valence-corrected chi connectivity index (χ1v) is 12.5. The molecule has 1 aromatic heterocycles. The van der Waals surface area contributed by atoms with Gasteiger partial charge in [-0.25, -0.2) is 0 Å². The second-order valence-corrected chi connectivity index (χ2v) is 10.3. The summed E-state index contributed by atoms with van der Waals surface area (Å²) in [5.74, 6) is 0.542. The minimum absolute atomic E-state index is 0.0330. The van der Waals surface area contributed by atoms with Gasteiger partial charge in [-0.05, 0) is 63.3 Å². The van der Waals surface area contributed by atoms with Crippen LogP contribution in [0.3, 0.4) is 0 Å². The zero-order chi connectivity index (χ0) is 25.6.